The zero-order valence-electron chi connectivity index (χ0n) is 7.58. The summed E-state index contributed by atoms with van der Waals surface area (Å²) in [7, 11) is 0. The van der Waals surface area contributed by atoms with Crippen molar-refractivity contribution in [1.29, 1.82) is 0 Å². The number of piperazine rings is 1. The van der Waals surface area contributed by atoms with E-state index in [1.807, 2.05) is 0 Å². The molecule has 74 valence electrons. The molecule has 0 saturated carbocycles. The largest absolute Gasteiger partial charge is 0.443 e. The molecule has 5 heteroatoms. The number of rotatable bonds is 1. The maximum absolute atomic E-state index is 11.4. The van der Waals surface area contributed by atoms with Gasteiger partial charge in [-0.2, -0.15) is 0 Å². The highest BCUT2D eigenvalue weighted by atomic mass is 16.6. The molecule has 0 radical (unpaired) electrons. The molecule has 2 heterocycles. The summed E-state index contributed by atoms with van der Waals surface area (Å²) in [4.78, 5) is 13.2. The lowest BCUT2D eigenvalue weighted by Gasteiger charge is -2.32. The summed E-state index contributed by atoms with van der Waals surface area (Å²) in [5.74, 6) is 0. The monoisotopic (exact) mass is 185 g/mol. The van der Waals surface area contributed by atoms with Crippen LogP contribution < -0.4 is 10.6 Å². The molecule has 2 rings (SSSR count). The van der Waals surface area contributed by atoms with Gasteiger partial charge in [-0.1, -0.05) is 0 Å². The Labute approximate surface area is 77.4 Å². The number of amides is 1. The van der Waals surface area contributed by atoms with Crippen molar-refractivity contribution in [2.24, 2.45) is 0 Å². The Hall–Kier alpha value is -0.810. The molecule has 0 aliphatic carbocycles. The highest BCUT2D eigenvalue weighted by Crippen LogP contribution is 2.03. The maximum Gasteiger partial charge on any atom is 0.410 e. The average Bonchev–Trinajstić information content (AvgIpc) is 2.12. The first kappa shape index (κ1) is 8.77. The molecule has 0 aromatic rings. The Kier molecular flexibility index (Phi) is 2.65. The fourth-order valence-electron chi connectivity index (χ4n) is 1.41. The van der Waals surface area contributed by atoms with Crippen LogP contribution in [0.15, 0.2) is 0 Å². The molecule has 1 amide bonds. The van der Waals surface area contributed by atoms with E-state index in [9.17, 15) is 4.79 Å². The van der Waals surface area contributed by atoms with E-state index >= 15 is 0 Å². The van der Waals surface area contributed by atoms with Gasteiger partial charge in [0, 0.05) is 39.3 Å². The van der Waals surface area contributed by atoms with Crippen LogP contribution in [0.1, 0.15) is 0 Å². The number of carbonyl (C=O) groups is 1. The lowest BCUT2D eigenvalue weighted by Crippen LogP contribution is -2.53. The second-order valence-corrected chi connectivity index (χ2v) is 3.40. The molecule has 2 aliphatic heterocycles. The first-order valence-corrected chi connectivity index (χ1v) is 4.73. The van der Waals surface area contributed by atoms with Crippen LogP contribution in [0.25, 0.3) is 0 Å². The molecule has 0 bridgehead atoms. The number of nitrogens with zero attached hydrogens (tertiary/aromatic N) is 1. The van der Waals surface area contributed by atoms with Crippen LogP contribution in [0, 0.1) is 0 Å². The quantitative estimate of drug-likeness (QED) is 0.550. The van der Waals surface area contributed by atoms with Gasteiger partial charge in [0.1, 0.15) is 6.10 Å². The minimum atomic E-state index is -0.159. The second-order valence-electron chi connectivity index (χ2n) is 3.40. The molecule has 2 saturated heterocycles. The van der Waals surface area contributed by atoms with Gasteiger partial charge >= 0.3 is 6.09 Å². The third-order valence-electron chi connectivity index (χ3n) is 2.39. The fourth-order valence-corrected chi connectivity index (χ4v) is 1.41. The van der Waals surface area contributed by atoms with E-state index in [1.54, 1.807) is 4.90 Å². The van der Waals surface area contributed by atoms with Crippen molar-refractivity contribution < 1.29 is 9.53 Å². The van der Waals surface area contributed by atoms with Crippen molar-refractivity contribution in [1.82, 2.24) is 15.5 Å². The predicted molar refractivity (Wildman–Crippen MR) is 47.6 cm³/mol. The van der Waals surface area contributed by atoms with Gasteiger partial charge in [-0.25, -0.2) is 4.79 Å². The minimum Gasteiger partial charge on any atom is -0.443 e. The molecular weight excluding hydrogens is 170 g/mol. The summed E-state index contributed by atoms with van der Waals surface area (Å²) >= 11 is 0. The average molecular weight is 185 g/mol. The van der Waals surface area contributed by atoms with Gasteiger partial charge in [-0.3, -0.25) is 0 Å². The molecule has 0 unspecified atom stereocenters. The van der Waals surface area contributed by atoms with E-state index < -0.39 is 0 Å². The third kappa shape index (κ3) is 2.10. The summed E-state index contributed by atoms with van der Waals surface area (Å²) in [6.45, 7) is 4.88. The van der Waals surface area contributed by atoms with Crippen LogP contribution >= 0.6 is 0 Å². The Balaban J connectivity index is 1.74. The van der Waals surface area contributed by atoms with Gasteiger partial charge in [-0.15, -0.1) is 0 Å². The van der Waals surface area contributed by atoms with Crippen molar-refractivity contribution in [2.75, 3.05) is 39.3 Å². The highest BCUT2D eigenvalue weighted by Gasteiger charge is 2.25. The third-order valence-corrected chi connectivity index (χ3v) is 2.39. The molecule has 2 fully saturated rings. The van der Waals surface area contributed by atoms with E-state index in [1.165, 1.54) is 0 Å². The Bertz CT molecular complexity index is 188. The van der Waals surface area contributed by atoms with Gasteiger partial charge in [-0.05, 0) is 0 Å². The van der Waals surface area contributed by atoms with Gasteiger partial charge in [0.15, 0.2) is 0 Å². The smallest absolute Gasteiger partial charge is 0.410 e. The Morgan fingerprint density at radius 2 is 1.92 bits per heavy atom. The van der Waals surface area contributed by atoms with E-state index in [2.05, 4.69) is 10.6 Å². The van der Waals surface area contributed by atoms with Crippen LogP contribution in [0.2, 0.25) is 0 Å². The van der Waals surface area contributed by atoms with Gasteiger partial charge in [0.25, 0.3) is 0 Å². The highest BCUT2D eigenvalue weighted by molar-refractivity contribution is 5.68. The van der Waals surface area contributed by atoms with Gasteiger partial charge in [0.2, 0.25) is 0 Å². The SMILES string of the molecule is O=C(OC1CNC1)N1CCNCC1. The number of carbonyl (C=O) groups excluding carboxylic acids is 1. The van der Waals surface area contributed by atoms with E-state index in [0.717, 1.165) is 39.3 Å². The van der Waals surface area contributed by atoms with E-state index in [4.69, 9.17) is 4.74 Å². The molecular formula is C8H15N3O2. The zero-order valence-corrected chi connectivity index (χ0v) is 7.58. The number of hydrogen-bond donors (Lipinski definition) is 2. The second kappa shape index (κ2) is 3.93. The summed E-state index contributed by atoms with van der Waals surface area (Å²) in [5.41, 5.74) is 0. The molecule has 0 aromatic heterocycles. The van der Waals surface area contributed by atoms with Crippen LogP contribution in [-0.2, 0) is 4.74 Å². The molecule has 0 aromatic carbocycles. The molecule has 5 nitrogen and oxygen atoms in total. The molecule has 0 spiro atoms. The summed E-state index contributed by atoms with van der Waals surface area (Å²) in [5, 5.41) is 6.25. The van der Waals surface area contributed by atoms with Crippen LogP contribution in [-0.4, -0.2) is 56.4 Å². The van der Waals surface area contributed by atoms with E-state index in [-0.39, 0.29) is 12.2 Å². The van der Waals surface area contributed by atoms with E-state index in [0.29, 0.717) is 0 Å². The van der Waals surface area contributed by atoms with Crippen molar-refractivity contribution >= 4 is 6.09 Å². The lowest BCUT2D eigenvalue weighted by atomic mass is 10.2. The standard InChI is InChI=1S/C8H15N3O2/c12-8(13-7-5-10-6-7)11-3-1-9-2-4-11/h7,9-10H,1-6H2. The van der Waals surface area contributed by atoms with Crippen molar-refractivity contribution in [3.8, 4) is 0 Å². The molecule has 0 atom stereocenters. The first-order chi connectivity index (χ1) is 6.36. The molecule has 13 heavy (non-hydrogen) atoms. The number of hydrogen-bond acceptors (Lipinski definition) is 4. The lowest BCUT2D eigenvalue weighted by molar-refractivity contribution is 0.0367. The predicted octanol–water partition coefficient (Wildman–Crippen LogP) is -1.000. The van der Waals surface area contributed by atoms with Gasteiger partial charge in [0.05, 0.1) is 0 Å². The Morgan fingerprint density at radius 1 is 1.23 bits per heavy atom. The van der Waals surface area contributed by atoms with Crippen LogP contribution in [0.5, 0.6) is 0 Å². The summed E-state index contributed by atoms with van der Waals surface area (Å²) in [6.07, 6.45) is -0.0598. The fraction of sp³-hybridized carbons (Fsp3) is 0.875. The zero-order chi connectivity index (χ0) is 9.10. The van der Waals surface area contributed by atoms with Crippen molar-refractivity contribution in [3.05, 3.63) is 0 Å². The normalized spacial score (nSPS) is 23.8. The Morgan fingerprint density at radius 3 is 2.46 bits per heavy atom. The molecule has 2 aliphatic rings. The first-order valence-electron chi connectivity index (χ1n) is 4.73. The topological polar surface area (TPSA) is 53.6 Å². The number of ether oxygens (including phenoxy) is 1. The van der Waals surface area contributed by atoms with Crippen LogP contribution in [0.4, 0.5) is 4.79 Å². The summed E-state index contributed by atoms with van der Waals surface area (Å²) < 4.78 is 5.22. The van der Waals surface area contributed by atoms with Crippen LogP contribution in [0.3, 0.4) is 0 Å². The van der Waals surface area contributed by atoms with Crippen molar-refractivity contribution in [2.45, 2.75) is 6.10 Å². The maximum atomic E-state index is 11.4. The summed E-state index contributed by atoms with van der Waals surface area (Å²) in [6, 6.07) is 0. The molecule has 2 N–H and O–H groups in total. The number of nitrogens with one attached hydrogen (secondary N) is 2. The minimum absolute atomic E-state index is 0.0994. The van der Waals surface area contributed by atoms with Gasteiger partial charge < -0.3 is 20.3 Å². The van der Waals surface area contributed by atoms with Crippen molar-refractivity contribution in [3.63, 3.8) is 0 Å².